The van der Waals surface area contributed by atoms with Gasteiger partial charge in [-0.25, -0.2) is 0 Å². The molecule has 1 saturated heterocycles. The van der Waals surface area contributed by atoms with Crippen LogP contribution in [0.15, 0.2) is 0 Å². The normalized spacial score (nSPS) is 27.4. The highest BCUT2D eigenvalue weighted by Gasteiger charge is 2.40. The Hall–Kier alpha value is -0.570. The van der Waals surface area contributed by atoms with Gasteiger partial charge in [0.15, 0.2) is 0 Å². The number of carbonyl (C=O) groups excluding carboxylic acids is 1. The van der Waals surface area contributed by atoms with E-state index in [1.165, 1.54) is 12.8 Å². The van der Waals surface area contributed by atoms with E-state index >= 15 is 0 Å². The quantitative estimate of drug-likeness (QED) is 0.639. The van der Waals surface area contributed by atoms with Crippen LogP contribution in [-0.2, 0) is 4.79 Å². The van der Waals surface area contributed by atoms with Crippen LogP contribution in [0.2, 0.25) is 0 Å². The fourth-order valence-corrected chi connectivity index (χ4v) is 1.65. The lowest BCUT2D eigenvalue weighted by atomic mass is 10.1. The highest BCUT2D eigenvalue weighted by atomic mass is 16.2. The molecule has 0 atom stereocenters. The van der Waals surface area contributed by atoms with E-state index in [-0.39, 0.29) is 5.91 Å². The molecule has 0 spiro atoms. The second-order valence-corrected chi connectivity index (χ2v) is 4.30. The Bertz CT molecular complexity index is 199. The molecule has 0 aromatic rings. The van der Waals surface area contributed by atoms with E-state index < -0.39 is 0 Å². The molecule has 0 unspecified atom stereocenters. The standard InChI is InChI=1S/C9H16N2O/c1-9(2-3-9)7-11-5-4-10-6-8(11)12/h10H,2-7H2,1H3. The van der Waals surface area contributed by atoms with Gasteiger partial charge >= 0.3 is 0 Å². The van der Waals surface area contributed by atoms with Crippen molar-refractivity contribution < 1.29 is 4.79 Å². The zero-order valence-electron chi connectivity index (χ0n) is 7.60. The summed E-state index contributed by atoms with van der Waals surface area (Å²) < 4.78 is 0. The molecule has 1 amide bonds. The van der Waals surface area contributed by atoms with E-state index in [0.717, 1.165) is 19.6 Å². The fourth-order valence-electron chi connectivity index (χ4n) is 1.65. The molecular weight excluding hydrogens is 152 g/mol. The summed E-state index contributed by atoms with van der Waals surface area (Å²) in [5, 5.41) is 3.08. The van der Waals surface area contributed by atoms with Crippen LogP contribution in [0.1, 0.15) is 19.8 Å². The van der Waals surface area contributed by atoms with Crippen LogP contribution in [0, 0.1) is 5.41 Å². The molecule has 1 heterocycles. The molecule has 0 radical (unpaired) electrons. The number of nitrogens with zero attached hydrogens (tertiary/aromatic N) is 1. The molecule has 1 aliphatic carbocycles. The van der Waals surface area contributed by atoms with Crippen LogP contribution in [0.4, 0.5) is 0 Å². The second-order valence-electron chi connectivity index (χ2n) is 4.30. The minimum atomic E-state index is 0.273. The van der Waals surface area contributed by atoms with Crippen molar-refractivity contribution in [1.82, 2.24) is 10.2 Å². The van der Waals surface area contributed by atoms with Gasteiger partial charge in [0.25, 0.3) is 0 Å². The Morgan fingerprint density at radius 3 is 2.92 bits per heavy atom. The molecule has 3 heteroatoms. The maximum Gasteiger partial charge on any atom is 0.236 e. The van der Waals surface area contributed by atoms with Crippen molar-refractivity contribution in [2.75, 3.05) is 26.2 Å². The van der Waals surface area contributed by atoms with Gasteiger partial charge in [-0.05, 0) is 18.3 Å². The summed E-state index contributed by atoms with van der Waals surface area (Å²) in [5.74, 6) is 0.273. The van der Waals surface area contributed by atoms with Gasteiger partial charge in [-0.1, -0.05) is 6.92 Å². The lowest BCUT2D eigenvalue weighted by Gasteiger charge is -2.29. The van der Waals surface area contributed by atoms with Crippen LogP contribution in [0.25, 0.3) is 0 Å². The molecule has 0 aromatic heterocycles. The number of hydrogen-bond acceptors (Lipinski definition) is 2. The fraction of sp³-hybridized carbons (Fsp3) is 0.889. The van der Waals surface area contributed by atoms with Gasteiger partial charge in [0.05, 0.1) is 6.54 Å². The summed E-state index contributed by atoms with van der Waals surface area (Å²) in [5.41, 5.74) is 0.465. The molecular formula is C9H16N2O. The monoisotopic (exact) mass is 168 g/mol. The zero-order valence-corrected chi connectivity index (χ0v) is 7.60. The number of hydrogen-bond donors (Lipinski definition) is 1. The van der Waals surface area contributed by atoms with Crippen LogP contribution in [0.3, 0.4) is 0 Å². The minimum absolute atomic E-state index is 0.273. The molecule has 2 aliphatic rings. The third-order valence-electron chi connectivity index (χ3n) is 2.86. The molecule has 1 N–H and O–H groups in total. The van der Waals surface area contributed by atoms with E-state index in [0.29, 0.717) is 12.0 Å². The van der Waals surface area contributed by atoms with Gasteiger partial charge < -0.3 is 10.2 Å². The van der Waals surface area contributed by atoms with Crippen molar-refractivity contribution in [3.63, 3.8) is 0 Å². The first kappa shape index (κ1) is 8.05. The smallest absolute Gasteiger partial charge is 0.236 e. The topological polar surface area (TPSA) is 32.3 Å². The van der Waals surface area contributed by atoms with Crippen LogP contribution >= 0.6 is 0 Å². The largest absolute Gasteiger partial charge is 0.340 e. The molecule has 1 aliphatic heterocycles. The number of carbonyl (C=O) groups is 1. The van der Waals surface area contributed by atoms with Crippen molar-refractivity contribution in [1.29, 1.82) is 0 Å². The Morgan fingerprint density at radius 1 is 1.58 bits per heavy atom. The van der Waals surface area contributed by atoms with Gasteiger partial charge in [-0.15, -0.1) is 0 Å². The van der Waals surface area contributed by atoms with E-state index in [1.54, 1.807) is 0 Å². The molecule has 0 aromatic carbocycles. The van der Waals surface area contributed by atoms with Crippen molar-refractivity contribution in [3.05, 3.63) is 0 Å². The molecule has 3 nitrogen and oxygen atoms in total. The maximum absolute atomic E-state index is 11.4. The highest BCUT2D eigenvalue weighted by molar-refractivity contribution is 5.79. The Kier molecular flexibility index (Phi) is 1.83. The van der Waals surface area contributed by atoms with Crippen LogP contribution < -0.4 is 5.32 Å². The number of nitrogens with one attached hydrogen (secondary N) is 1. The van der Waals surface area contributed by atoms with E-state index in [9.17, 15) is 4.79 Å². The molecule has 12 heavy (non-hydrogen) atoms. The number of piperazine rings is 1. The predicted molar refractivity (Wildman–Crippen MR) is 46.8 cm³/mol. The molecule has 0 bridgehead atoms. The predicted octanol–water partition coefficient (Wildman–Crippen LogP) is 0.218. The Balaban J connectivity index is 1.89. The second kappa shape index (κ2) is 2.73. The van der Waals surface area contributed by atoms with Crippen molar-refractivity contribution in [3.8, 4) is 0 Å². The number of amides is 1. The lowest BCUT2D eigenvalue weighted by Crippen LogP contribution is -2.49. The Labute approximate surface area is 73.1 Å². The maximum atomic E-state index is 11.4. The first-order chi connectivity index (χ1) is 5.70. The van der Waals surface area contributed by atoms with Crippen molar-refractivity contribution >= 4 is 5.91 Å². The average Bonchev–Trinajstić information content (AvgIpc) is 2.74. The molecule has 2 rings (SSSR count). The van der Waals surface area contributed by atoms with Gasteiger partial charge in [0.2, 0.25) is 5.91 Å². The van der Waals surface area contributed by atoms with Gasteiger partial charge in [0.1, 0.15) is 0 Å². The number of rotatable bonds is 2. The molecule has 68 valence electrons. The SMILES string of the molecule is CC1(CN2CCNCC2=O)CC1. The van der Waals surface area contributed by atoms with E-state index in [4.69, 9.17) is 0 Å². The lowest BCUT2D eigenvalue weighted by molar-refractivity contribution is -0.132. The van der Waals surface area contributed by atoms with Crippen molar-refractivity contribution in [2.24, 2.45) is 5.41 Å². The van der Waals surface area contributed by atoms with E-state index in [1.807, 2.05) is 4.90 Å². The van der Waals surface area contributed by atoms with Gasteiger partial charge in [-0.2, -0.15) is 0 Å². The summed E-state index contributed by atoms with van der Waals surface area (Å²) in [6.45, 7) is 5.64. The third kappa shape index (κ3) is 1.61. The average molecular weight is 168 g/mol. The molecule has 2 fully saturated rings. The highest BCUT2D eigenvalue weighted by Crippen LogP contribution is 2.45. The summed E-state index contributed by atoms with van der Waals surface area (Å²) in [7, 11) is 0. The summed E-state index contributed by atoms with van der Waals surface area (Å²) in [4.78, 5) is 13.4. The summed E-state index contributed by atoms with van der Waals surface area (Å²) >= 11 is 0. The first-order valence-electron chi connectivity index (χ1n) is 4.68. The first-order valence-corrected chi connectivity index (χ1v) is 4.68. The van der Waals surface area contributed by atoms with Gasteiger partial charge in [-0.3, -0.25) is 4.79 Å². The zero-order chi connectivity index (χ0) is 8.60. The van der Waals surface area contributed by atoms with Crippen LogP contribution in [-0.4, -0.2) is 37.0 Å². The Morgan fingerprint density at radius 2 is 2.33 bits per heavy atom. The molecule has 1 saturated carbocycles. The van der Waals surface area contributed by atoms with Gasteiger partial charge in [0, 0.05) is 19.6 Å². The van der Waals surface area contributed by atoms with E-state index in [2.05, 4.69) is 12.2 Å². The van der Waals surface area contributed by atoms with Crippen molar-refractivity contribution in [2.45, 2.75) is 19.8 Å². The third-order valence-corrected chi connectivity index (χ3v) is 2.86. The summed E-state index contributed by atoms with van der Waals surface area (Å²) in [6.07, 6.45) is 2.59. The van der Waals surface area contributed by atoms with Crippen LogP contribution in [0.5, 0.6) is 0 Å². The minimum Gasteiger partial charge on any atom is -0.340 e. The summed E-state index contributed by atoms with van der Waals surface area (Å²) in [6, 6.07) is 0.